The van der Waals surface area contributed by atoms with Crippen molar-refractivity contribution in [3.8, 4) is 5.88 Å². The van der Waals surface area contributed by atoms with Gasteiger partial charge in [-0.05, 0) is 13.0 Å². The molecule has 19 heavy (non-hydrogen) atoms. The molecule has 0 aliphatic heterocycles. The van der Waals surface area contributed by atoms with Gasteiger partial charge in [0.15, 0.2) is 0 Å². The third-order valence-electron chi connectivity index (χ3n) is 2.80. The van der Waals surface area contributed by atoms with Crippen LogP contribution in [-0.2, 0) is 13.6 Å². The lowest BCUT2D eigenvalue weighted by Gasteiger charge is -2.06. The predicted octanol–water partition coefficient (Wildman–Crippen LogP) is 1.65. The number of H-pyrrole nitrogens is 1. The third kappa shape index (κ3) is 2.73. The van der Waals surface area contributed by atoms with Gasteiger partial charge < -0.3 is 15.0 Å². The molecule has 0 aliphatic carbocycles. The Balaban J connectivity index is 2.09. The minimum absolute atomic E-state index is 0.225. The molecular weight excluding hydrogens is 268 g/mol. The van der Waals surface area contributed by atoms with E-state index < -0.39 is 0 Å². The first-order valence-corrected chi connectivity index (χ1v) is 6.09. The zero-order valence-corrected chi connectivity index (χ0v) is 11.7. The molecular formula is C12H15ClN4O2. The average Bonchev–Trinajstić information content (AvgIpc) is 2.90. The first kappa shape index (κ1) is 13.5. The van der Waals surface area contributed by atoms with E-state index in [-0.39, 0.29) is 5.91 Å². The van der Waals surface area contributed by atoms with Gasteiger partial charge in [0.1, 0.15) is 5.69 Å². The van der Waals surface area contributed by atoms with Gasteiger partial charge in [-0.15, -0.1) is 0 Å². The SMILES string of the molecule is COc1c(CNC(=O)c2cc(Cl)c[nH]2)c(C)nn1C. The number of ether oxygens (including phenoxy) is 1. The quantitative estimate of drug-likeness (QED) is 0.896. The first-order valence-electron chi connectivity index (χ1n) is 5.71. The summed E-state index contributed by atoms with van der Waals surface area (Å²) in [6, 6.07) is 1.57. The second-order valence-electron chi connectivity index (χ2n) is 4.11. The van der Waals surface area contributed by atoms with Crippen LogP contribution in [-0.4, -0.2) is 27.8 Å². The van der Waals surface area contributed by atoms with Gasteiger partial charge in [0, 0.05) is 13.2 Å². The number of carbonyl (C=O) groups excluding carboxylic acids is 1. The fourth-order valence-electron chi connectivity index (χ4n) is 1.90. The molecule has 0 radical (unpaired) electrons. The molecule has 2 aromatic rings. The number of aromatic amines is 1. The van der Waals surface area contributed by atoms with Crippen molar-refractivity contribution in [1.82, 2.24) is 20.1 Å². The van der Waals surface area contributed by atoms with Gasteiger partial charge in [0.05, 0.1) is 29.9 Å². The largest absolute Gasteiger partial charge is 0.481 e. The summed E-state index contributed by atoms with van der Waals surface area (Å²) in [4.78, 5) is 14.7. The number of nitrogens with zero attached hydrogens (tertiary/aromatic N) is 2. The van der Waals surface area contributed by atoms with E-state index in [2.05, 4.69) is 15.4 Å². The summed E-state index contributed by atoms with van der Waals surface area (Å²) >= 11 is 5.75. The smallest absolute Gasteiger partial charge is 0.268 e. The number of methoxy groups -OCH3 is 1. The van der Waals surface area contributed by atoms with E-state index in [0.717, 1.165) is 11.3 Å². The van der Waals surface area contributed by atoms with Crippen molar-refractivity contribution in [2.24, 2.45) is 7.05 Å². The fraction of sp³-hybridized carbons (Fsp3) is 0.333. The van der Waals surface area contributed by atoms with Crippen molar-refractivity contribution in [3.63, 3.8) is 0 Å². The summed E-state index contributed by atoms with van der Waals surface area (Å²) in [5.74, 6) is 0.416. The van der Waals surface area contributed by atoms with Crippen LogP contribution in [0.15, 0.2) is 12.3 Å². The fourth-order valence-corrected chi connectivity index (χ4v) is 2.07. The Kier molecular flexibility index (Phi) is 3.80. The summed E-state index contributed by atoms with van der Waals surface area (Å²) < 4.78 is 6.90. The Morgan fingerprint density at radius 2 is 2.37 bits per heavy atom. The molecule has 0 aliphatic rings. The molecule has 0 saturated heterocycles. The number of aryl methyl sites for hydroxylation is 2. The highest BCUT2D eigenvalue weighted by molar-refractivity contribution is 6.30. The number of nitrogens with one attached hydrogen (secondary N) is 2. The standard InChI is InChI=1S/C12H15ClN4O2/c1-7-9(12(19-3)17(2)16-7)6-15-11(18)10-4-8(13)5-14-10/h4-5,14H,6H2,1-3H3,(H,15,18). The molecule has 2 aromatic heterocycles. The number of rotatable bonds is 4. The van der Waals surface area contributed by atoms with E-state index in [9.17, 15) is 4.79 Å². The van der Waals surface area contributed by atoms with Crippen LogP contribution >= 0.6 is 11.6 Å². The molecule has 6 nitrogen and oxygen atoms in total. The van der Waals surface area contributed by atoms with Crippen LogP contribution in [0.1, 0.15) is 21.7 Å². The number of amides is 1. The lowest BCUT2D eigenvalue weighted by atomic mass is 10.2. The predicted molar refractivity (Wildman–Crippen MR) is 71.5 cm³/mol. The average molecular weight is 283 g/mol. The molecule has 0 spiro atoms. The molecule has 0 fully saturated rings. The van der Waals surface area contributed by atoms with Crippen molar-refractivity contribution >= 4 is 17.5 Å². The Bertz CT molecular complexity index is 603. The van der Waals surface area contributed by atoms with E-state index in [0.29, 0.717) is 23.1 Å². The molecule has 0 saturated carbocycles. The lowest BCUT2D eigenvalue weighted by molar-refractivity contribution is 0.0946. The molecule has 102 valence electrons. The second kappa shape index (κ2) is 5.36. The van der Waals surface area contributed by atoms with Crippen LogP contribution in [0.4, 0.5) is 0 Å². The van der Waals surface area contributed by atoms with Gasteiger partial charge in [-0.3, -0.25) is 4.79 Å². The zero-order valence-electron chi connectivity index (χ0n) is 11.0. The lowest BCUT2D eigenvalue weighted by Crippen LogP contribution is -2.23. The van der Waals surface area contributed by atoms with Crippen LogP contribution in [0.25, 0.3) is 0 Å². The van der Waals surface area contributed by atoms with Gasteiger partial charge >= 0.3 is 0 Å². The summed E-state index contributed by atoms with van der Waals surface area (Å²) in [6.07, 6.45) is 1.56. The first-order chi connectivity index (χ1) is 9.02. The maximum absolute atomic E-state index is 11.9. The molecule has 0 aromatic carbocycles. The number of aromatic nitrogens is 3. The Labute approximate surface area is 115 Å². The van der Waals surface area contributed by atoms with Gasteiger partial charge in [0.25, 0.3) is 5.91 Å². The van der Waals surface area contributed by atoms with Gasteiger partial charge in [-0.1, -0.05) is 11.6 Å². The van der Waals surface area contributed by atoms with Gasteiger partial charge in [-0.2, -0.15) is 5.10 Å². The van der Waals surface area contributed by atoms with Crippen LogP contribution in [0.5, 0.6) is 5.88 Å². The van der Waals surface area contributed by atoms with Crippen molar-refractivity contribution in [2.75, 3.05) is 7.11 Å². The third-order valence-corrected chi connectivity index (χ3v) is 3.02. The highest BCUT2D eigenvalue weighted by Gasteiger charge is 2.15. The Morgan fingerprint density at radius 1 is 1.63 bits per heavy atom. The number of carbonyl (C=O) groups is 1. The molecule has 7 heteroatoms. The van der Waals surface area contributed by atoms with E-state index in [1.807, 2.05) is 6.92 Å². The van der Waals surface area contributed by atoms with Crippen molar-refractivity contribution in [2.45, 2.75) is 13.5 Å². The Morgan fingerprint density at radius 3 is 2.95 bits per heavy atom. The summed E-state index contributed by atoms with van der Waals surface area (Å²) in [6.45, 7) is 2.22. The topological polar surface area (TPSA) is 71.9 Å². The number of hydrogen-bond donors (Lipinski definition) is 2. The Hall–Kier alpha value is -1.95. The summed E-state index contributed by atoms with van der Waals surface area (Å²) in [5, 5.41) is 7.54. The normalized spacial score (nSPS) is 10.5. The van der Waals surface area contributed by atoms with Crippen LogP contribution in [0.3, 0.4) is 0 Å². The molecule has 2 N–H and O–H groups in total. The zero-order chi connectivity index (χ0) is 14.0. The van der Waals surface area contributed by atoms with E-state index in [1.165, 1.54) is 0 Å². The molecule has 0 unspecified atom stereocenters. The highest BCUT2D eigenvalue weighted by atomic mass is 35.5. The van der Waals surface area contributed by atoms with E-state index in [4.69, 9.17) is 16.3 Å². The number of halogens is 1. The van der Waals surface area contributed by atoms with Crippen LogP contribution < -0.4 is 10.1 Å². The molecule has 0 bridgehead atoms. The minimum Gasteiger partial charge on any atom is -0.481 e. The summed E-state index contributed by atoms with van der Waals surface area (Å²) in [7, 11) is 3.37. The molecule has 2 heterocycles. The molecule has 1 amide bonds. The van der Waals surface area contributed by atoms with E-state index in [1.54, 1.807) is 31.1 Å². The highest BCUT2D eigenvalue weighted by Crippen LogP contribution is 2.20. The number of hydrogen-bond acceptors (Lipinski definition) is 3. The molecule has 2 rings (SSSR count). The van der Waals surface area contributed by atoms with Gasteiger partial charge in [0.2, 0.25) is 5.88 Å². The van der Waals surface area contributed by atoms with Crippen molar-refractivity contribution in [3.05, 3.63) is 34.2 Å². The second-order valence-corrected chi connectivity index (χ2v) is 4.55. The van der Waals surface area contributed by atoms with Gasteiger partial charge in [-0.25, -0.2) is 4.68 Å². The summed E-state index contributed by atoms with van der Waals surface area (Å²) in [5.41, 5.74) is 2.10. The maximum Gasteiger partial charge on any atom is 0.268 e. The van der Waals surface area contributed by atoms with E-state index >= 15 is 0 Å². The monoisotopic (exact) mass is 282 g/mol. The van der Waals surface area contributed by atoms with Crippen LogP contribution in [0, 0.1) is 6.92 Å². The molecule has 0 atom stereocenters. The van der Waals surface area contributed by atoms with Crippen molar-refractivity contribution < 1.29 is 9.53 Å². The minimum atomic E-state index is -0.225. The van der Waals surface area contributed by atoms with Crippen LogP contribution in [0.2, 0.25) is 5.02 Å². The van der Waals surface area contributed by atoms with Crippen molar-refractivity contribution in [1.29, 1.82) is 0 Å². The maximum atomic E-state index is 11.9.